The quantitative estimate of drug-likeness (QED) is 0.534. The largest absolute Gasteiger partial charge is 0.394 e. The summed E-state index contributed by atoms with van der Waals surface area (Å²) in [6.07, 6.45) is -4.01. The van der Waals surface area contributed by atoms with E-state index in [0.717, 1.165) is 0 Å². The molecule has 0 rings (SSSR count). The Kier molecular flexibility index (Phi) is 5.10. The first-order valence-corrected chi connectivity index (χ1v) is 4.39. The molecule has 0 heterocycles. The molecule has 0 spiro atoms. The van der Waals surface area contributed by atoms with E-state index in [1.54, 1.807) is 0 Å². The number of methoxy groups -OCH3 is 4. The van der Waals surface area contributed by atoms with Gasteiger partial charge in [-0.3, -0.25) is 0 Å². The van der Waals surface area contributed by atoms with Crippen LogP contribution in [0.2, 0.25) is 0 Å². The SMILES string of the molecule is [2H]CO[C@@H]([C@H](OC[2H])[C@@H](CO)OC[2H])[C@H](C=O)OC[2H]. The van der Waals surface area contributed by atoms with Crippen LogP contribution in [0.15, 0.2) is 0 Å². The first kappa shape index (κ1) is 9.49. The molecule has 0 aliphatic carbocycles. The second kappa shape index (κ2) is 8.60. The number of aldehydes is 1. The first-order chi connectivity index (χ1) is 9.69. The topological polar surface area (TPSA) is 74.2 Å². The molecule has 0 saturated carbocycles. The third-order valence-corrected chi connectivity index (χ3v) is 2.12. The predicted octanol–water partition coefficient (Wildman–Crippen LogP) is -0.762. The Morgan fingerprint density at radius 2 is 1.75 bits per heavy atom. The molecule has 0 aromatic heterocycles. The van der Waals surface area contributed by atoms with E-state index in [1.807, 2.05) is 0 Å². The van der Waals surface area contributed by atoms with Crippen molar-refractivity contribution in [2.75, 3.05) is 35.0 Å². The van der Waals surface area contributed by atoms with E-state index in [4.69, 9.17) is 24.4 Å². The average Bonchev–Trinajstić information content (AvgIpc) is 2.46. The van der Waals surface area contributed by atoms with Gasteiger partial charge in [0.05, 0.1) is 12.1 Å². The van der Waals surface area contributed by atoms with Gasteiger partial charge in [0.2, 0.25) is 0 Å². The van der Waals surface area contributed by atoms with Crippen LogP contribution in [0, 0.1) is 0 Å². The number of carbonyl (C=O) groups is 1. The van der Waals surface area contributed by atoms with Crippen LogP contribution < -0.4 is 0 Å². The molecule has 96 valence electrons. The monoisotopic (exact) mass is 240 g/mol. The standard InChI is InChI=1S/C10H20O6/c1-13-7(5-11)9(15-3)10(16-4)8(6-12)14-2/h5,7-10,12H,6H2,1-4H3/t7-,8+,9+,10+/m0/s1/i1D,2D,3D,4D. The smallest absolute Gasteiger partial charge is 0.151 e. The summed E-state index contributed by atoms with van der Waals surface area (Å²) >= 11 is 0. The highest BCUT2D eigenvalue weighted by molar-refractivity contribution is 5.57. The minimum atomic E-state index is -1.20. The van der Waals surface area contributed by atoms with E-state index < -0.39 is 59.4 Å². The number of carbonyl (C=O) groups excluding carboxylic acids is 1. The molecule has 0 saturated heterocycles. The lowest BCUT2D eigenvalue weighted by molar-refractivity contribution is -0.160. The fraction of sp³-hybridized carbons (Fsp3) is 0.900. The highest BCUT2D eigenvalue weighted by atomic mass is 16.6. The summed E-state index contributed by atoms with van der Waals surface area (Å²) in [5.74, 6) is 0. The Balaban J connectivity index is 5.11. The van der Waals surface area contributed by atoms with Gasteiger partial charge in [-0.2, -0.15) is 0 Å². The van der Waals surface area contributed by atoms with Gasteiger partial charge in [-0.05, 0) is 0 Å². The van der Waals surface area contributed by atoms with Crippen LogP contribution in [0.4, 0.5) is 0 Å². The van der Waals surface area contributed by atoms with Gasteiger partial charge in [-0.1, -0.05) is 0 Å². The molecular formula is C10H20O6. The van der Waals surface area contributed by atoms with Crippen molar-refractivity contribution in [2.45, 2.75) is 24.4 Å². The van der Waals surface area contributed by atoms with E-state index in [2.05, 4.69) is 0 Å². The van der Waals surface area contributed by atoms with Crippen molar-refractivity contribution in [3.8, 4) is 0 Å². The second-order valence-electron chi connectivity index (χ2n) is 2.92. The zero-order valence-electron chi connectivity index (χ0n) is 12.9. The summed E-state index contributed by atoms with van der Waals surface area (Å²) in [6, 6.07) is 0. The van der Waals surface area contributed by atoms with Crippen molar-refractivity contribution >= 4 is 6.29 Å². The van der Waals surface area contributed by atoms with Gasteiger partial charge in [-0.25, -0.2) is 0 Å². The molecule has 0 aromatic carbocycles. The molecule has 0 aliphatic rings. The lowest BCUT2D eigenvalue weighted by Gasteiger charge is -2.32. The summed E-state index contributed by atoms with van der Waals surface area (Å²) < 4.78 is 48.1. The summed E-state index contributed by atoms with van der Waals surface area (Å²) in [5, 5.41) is 9.24. The maximum absolute atomic E-state index is 11.0. The van der Waals surface area contributed by atoms with Crippen molar-refractivity contribution in [2.24, 2.45) is 0 Å². The fourth-order valence-corrected chi connectivity index (χ4v) is 1.25. The zero-order chi connectivity index (χ0) is 15.4. The minimum absolute atomic E-state index is 0.393. The molecular weight excluding hydrogens is 216 g/mol. The zero-order valence-corrected chi connectivity index (χ0v) is 8.91. The molecule has 0 radical (unpaired) electrons. The Labute approximate surface area is 101 Å². The fourth-order valence-electron chi connectivity index (χ4n) is 1.25. The van der Waals surface area contributed by atoms with Crippen molar-refractivity contribution in [3.63, 3.8) is 0 Å². The molecule has 0 bridgehead atoms. The van der Waals surface area contributed by atoms with Gasteiger partial charge in [0.1, 0.15) is 24.4 Å². The number of hydrogen-bond acceptors (Lipinski definition) is 6. The molecule has 6 nitrogen and oxygen atoms in total. The minimum Gasteiger partial charge on any atom is -0.394 e. The van der Waals surface area contributed by atoms with E-state index >= 15 is 0 Å². The molecule has 0 amide bonds. The Hall–Kier alpha value is -0.530. The highest BCUT2D eigenvalue weighted by Gasteiger charge is 2.35. The first-order valence-electron chi connectivity index (χ1n) is 7.22. The van der Waals surface area contributed by atoms with Crippen LogP contribution in [0.1, 0.15) is 5.48 Å². The van der Waals surface area contributed by atoms with Gasteiger partial charge in [0, 0.05) is 28.3 Å². The molecule has 0 aliphatic heterocycles. The van der Waals surface area contributed by atoms with Gasteiger partial charge >= 0.3 is 0 Å². The summed E-state index contributed by atoms with van der Waals surface area (Å²) in [6.45, 7) is -0.520. The van der Waals surface area contributed by atoms with Crippen LogP contribution >= 0.6 is 0 Å². The van der Waals surface area contributed by atoms with Crippen molar-refractivity contribution in [1.82, 2.24) is 0 Å². The third kappa shape index (κ3) is 3.80. The van der Waals surface area contributed by atoms with Crippen LogP contribution in [-0.2, 0) is 23.7 Å². The summed E-state index contributed by atoms with van der Waals surface area (Å²) in [5.41, 5.74) is 0. The Bertz CT molecular complexity index is 248. The van der Waals surface area contributed by atoms with E-state index in [9.17, 15) is 9.90 Å². The highest BCUT2D eigenvalue weighted by Crippen LogP contribution is 2.14. The lowest BCUT2D eigenvalue weighted by Crippen LogP contribution is -2.49. The number of aliphatic hydroxyl groups is 1. The van der Waals surface area contributed by atoms with Gasteiger partial charge in [-0.15, -0.1) is 0 Å². The van der Waals surface area contributed by atoms with Crippen molar-refractivity contribution in [3.05, 3.63) is 0 Å². The molecule has 1 N–H and O–H groups in total. The van der Waals surface area contributed by atoms with Crippen LogP contribution in [0.5, 0.6) is 0 Å². The van der Waals surface area contributed by atoms with Crippen LogP contribution in [0.3, 0.4) is 0 Å². The predicted molar refractivity (Wildman–Crippen MR) is 56.3 cm³/mol. The Morgan fingerprint density at radius 3 is 2.25 bits per heavy atom. The summed E-state index contributed by atoms with van der Waals surface area (Å²) in [4.78, 5) is 11.0. The maximum Gasteiger partial charge on any atom is 0.151 e. The number of ether oxygens (including phenoxy) is 4. The van der Waals surface area contributed by atoms with E-state index in [1.165, 1.54) is 0 Å². The van der Waals surface area contributed by atoms with Crippen LogP contribution in [0.25, 0.3) is 0 Å². The summed E-state index contributed by atoms with van der Waals surface area (Å²) in [7, 11) is -1.96. The molecule has 16 heavy (non-hydrogen) atoms. The normalized spacial score (nSPS) is 22.1. The van der Waals surface area contributed by atoms with Crippen LogP contribution in [-0.4, -0.2) is 70.8 Å². The number of aliphatic hydroxyl groups excluding tert-OH is 1. The average molecular weight is 240 g/mol. The van der Waals surface area contributed by atoms with Gasteiger partial charge in [0.25, 0.3) is 0 Å². The number of hydrogen-bond donors (Lipinski definition) is 1. The molecule has 0 aromatic rings. The van der Waals surface area contributed by atoms with Crippen molar-refractivity contribution in [1.29, 1.82) is 0 Å². The molecule has 6 heteroatoms. The molecule has 4 atom stereocenters. The number of rotatable bonds is 9. The second-order valence-corrected chi connectivity index (χ2v) is 2.92. The van der Waals surface area contributed by atoms with Gasteiger partial charge in [0.15, 0.2) is 6.29 Å². The third-order valence-electron chi connectivity index (χ3n) is 2.12. The maximum atomic E-state index is 11.0. The molecule has 0 unspecified atom stereocenters. The Morgan fingerprint density at radius 1 is 1.12 bits per heavy atom. The lowest BCUT2D eigenvalue weighted by atomic mass is 10.0. The molecule has 0 fully saturated rings. The van der Waals surface area contributed by atoms with E-state index in [0.29, 0.717) is 6.29 Å². The van der Waals surface area contributed by atoms with Gasteiger partial charge < -0.3 is 28.8 Å². The van der Waals surface area contributed by atoms with Crippen molar-refractivity contribution < 1.29 is 34.3 Å². The van der Waals surface area contributed by atoms with E-state index in [-0.39, 0.29) is 0 Å².